The molecule has 11 amide bonds. The fourth-order valence-corrected chi connectivity index (χ4v) is 12.8. The number of carbonyl (C=O) groups excluding carboxylic acids is 11. The smallest absolute Gasteiger partial charge is 0.409 e. The highest BCUT2D eigenvalue weighted by molar-refractivity contribution is 5.99. The molecule has 4 N–H and O–H groups in total. The summed E-state index contributed by atoms with van der Waals surface area (Å²) in [5.74, 6) is -8.13. The summed E-state index contributed by atoms with van der Waals surface area (Å²) in [7, 11) is 10.3. The van der Waals surface area contributed by atoms with Gasteiger partial charge >= 0.3 is 6.09 Å². The molecular formula is C68H121N13O13. The predicted molar refractivity (Wildman–Crippen MR) is 361 cm³/mol. The van der Waals surface area contributed by atoms with Crippen LogP contribution in [0.25, 0.3) is 0 Å². The van der Waals surface area contributed by atoms with Gasteiger partial charge in [0.25, 0.3) is 0 Å². The van der Waals surface area contributed by atoms with Gasteiger partial charge in [-0.25, -0.2) is 4.79 Å². The number of likely N-dealkylation sites (N-methyl/N-ethyl adjacent to an activating group) is 8. The number of hydrogen-bond acceptors (Lipinski definition) is 15. The van der Waals surface area contributed by atoms with Gasteiger partial charge in [0.1, 0.15) is 54.4 Å². The molecule has 94 heavy (non-hydrogen) atoms. The van der Waals surface area contributed by atoms with Crippen LogP contribution in [0.2, 0.25) is 0 Å². The van der Waals surface area contributed by atoms with Crippen molar-refractivity contribution in [1.29, 1.82) is 0 Å². The van der Waals surface area contributed by atoms with Gasteiger partial charge in [0, 0.05) is 94.0 Å². The average Bonchev–Trinajstić information content (AvgIpc) is 1.55. The molecule has 2 bridgehead atoms. The van der Waals surface area contributed by atoms with Crippen LogP contribution in [0.5, 0.6) is 0 Å². The van der Waals surface area contributed by atoms with Gasteiger partial charge in [0.05, 0.1) is 24.9 Å². The van der Waals surface area contributed by atoms with Crippen molar-refractivity contribution in [2.45, 2.75) is 228 Å². The van der Waals surface area contributed by atoms with Crippen molar-refractivity contribution in [2.75, 3.05) is 95.2 Å². The number of piperazine rings is 1. The number of fused-ring (bicyclic) bond motifs is 3. The molecule has 26 heteroatoms. The molecule has 3 saturated heterocycles. The molecule has 0 aliphatic carbocycles. The maximum atomic E-state index is 15.3. The van der Waals surface area contributed by atoms with E-state index in [2.05, 4.69) is 26.2 Å². The Balaban J connectivity index is 2.31. The Morgan fingerprint density at radius 3 is 1.60 bits per heavy atom. The van der Waals surface area contributed by atoms with Gasteiger partial charge in [-0.2, -0.15) is 0 Å². The van der Waals surface area contributed by atoms with Crippen molar-refractivity contribution in [2.24, 2.45) is 35.5 Å². The van der Waals surface area contributed by atoms with Crippen molar-refractivity contribution in [1.82, 2.24) is 65.4 Å². The quantitative estimate of drug-likeness (QED) is 0.171. The van der Waals surface area contributed by atoms with Crippen molar-refractivity contribution < 1.29 is 62.2 Å². The van der Waals surface area contributed by atoms with Gasteiger partial charge in [-0.1, -0.05) is 95.2 Å². The van der Waals surface area contributed by atoms with Gasteiger partial charge in [-0.3, -0.25) is 47.9 Å². The first-order valence-electron chi connectivity index (χ1n) is 34.2. The largest absolute Gasteiger partial charge is 0.449 e. The van der Waals surface area contributed by atoms with E-state index in [4.69, 9.17) is 9.47 Å². The van der Waals surface area contributed by atoms with Crippen molar-refractivity contribution in [3.8, 4) is 0 Å². The molecule has 536 valence electrons. The number of hydrogen-bond donors (Lipinski definition) is 4. The van der Waals surface area contributed by atoms with Crippen LogP contribution in [-0.4, -0.2) is 283 Å². The molecular weight excluding hydrogens is 1210 g/mol. The number of nitrogens with zero attached hydrogens (tertiary/aromatic N) is 9. The number of ether oxygens (including phenoxy) is 2. The minimum atomic E-state index is -1.38. The topological polar surface area (TPSA) is 284 Å². The lowest BCUT2D eigenvalue weighted by Gasteiger charge is -2.39. The maximum Gasteiger partial charge on any atom is 0.409 e. The fraction of sp³-hybridized carbons (Fsp3) is 0.809. The zero-order chi connectivity index (χ0) is 71.7. The molecule has 15 atom stereocenters. The van der Waals surface area contributed by atoms with Crippen LogP contribution in [-0.2, 0) is 57.4 Å². The zero-order valence-corrected chi connectivity index (χ0v) is 61.4. The first-order valence-corrected chi connectivity index (χ1v) is 34.2. The second-order valence-electron chi connectivity index (χ2n) is 28.4. The van der Waals surface area contributed by atoms with Gasteiger partial charge in [-0.15, -0.1) is 0 Å². The highest BCUT2D eigenvalue weighted by Gasteiger charge is 2.50. The van der Waals surface area contributed by atoms with E-state index in [-0.39, 0.29) is 50.2 Å². The summed E-state index contributed by atoms with van der Waals surface area (Å²) in [6, 6.07) is -12.5. The average molecular weight is 1330 g/mol. The standard InChI is InChI=1S/C68H121N13O13/c1-25-28-29-43(12)57-56-60(84)71-50(26-2)63(87)73(18)47(16)62(86)77(22)54(44(13)38-93-68(92)81-32-30-80(27-3)31-33-81)59(83)72-53(42(10)11)66(90)74(19)49(34-39(4)5)37-69-45(14)58(82)70-46(15)61(85)75(20)51(35-40(6)7)64(88)76(21)52(36-41(8)9)65(89)78(23)55(48(17)94-57)67(91)79(56)24/h25,28,39-57,69H,26-27,29-38H2,1-24H3,(H,70,82)(H,71,84)(H,72,83). The third-order valence-corrected chi connectivity index (χ3v) is 19.2. The van der Waals surface area contributed by atoms with Crippen LogP contribution in [0, 0.1) is 35.5 Å². The molecule has 0 radical (unpaired) electrons. The molecule has 3 aliphatic rings. The SMILES string of the molecule is CC=CCC(C)C1OC(C)C2C(=O)N(C)C1C(=O)NC(CC)C(=O)N(C)C(C)C(=O)N(C)C(C(C)COC(=O)N1CCN(CC)CC1)C(=O)NC(C(C)C)C(=O)N(C)C(CC(C)C)CNC(C)C(=O)NC(C)C(=O)N(C)C(CC(C)C)C(=O)N(C)C(CC(C)C)C(=O)N2C. The van der Waals surface area contributed by atoms with Crippen LogP contribution >= 0.6 is 0 Å². The minimum absolute atomic E-state index is 0.0402. The lowest BCUT2D eigenvalue weighted by Crippen LogP contribution is -2.62. The van der Waals surface area contributed by atoms with Crippen molar-refractivity contribution in [3.05, 3.63) is 12.2 Å². The Morgan fingerprint density at radius 1 is 0.553 bits per heavy atom. The summed E-state index contributed by atoms with van der Waals surface area (Å²) in [5.41, 5.74) is 0. The minimum Gasteiger partial charge on any atom is -0.449 e. The van der Waals surface area contributed by atoms with E-state index in [1.54, 1.807) is 53.5 Å². The summed E-state index contributed by atoms with van der Waals surface area (Å²) in [6.07, 6.45) is 2.47. The number of carbonyl (C=O) groups is 11. The second kappa shape index (κ2) is 37.2. The third kappa shape index (κ3) is 21.3. The lowest BCUT2D eigenvalue weighted by atomic mass is 9.92. The van der Waals surface area contributed by atoms with Crippen molar-refractivity contribution in [3.63, 3.8) is 0 Å². The second-order valence-corrected chi connectivity index (χ2v) is 28.4. The molecule has 0 spiro atoms. The van der Waals surface area contributed by atoms with E-state index in [1.807, 2.05) is 74.5 Å². The molecule has 26 nitrogen and oxygen atoms in total. The van der Waals surface area contributed by atoms with Crippen LogP contribution in [0.15, 0.2) is 12.2 Å². The molecule has 0 aromatic heterocycles. The Labute approximate surface area is 562 Å². The Hall–Kier alpha value is -6.41. The molecule has 15 unspecified atom stereocenters. The van der Waals surface area contributed by atoms with E-state index in [1.165, 1.54) is 90.4 Å². The lowest BCUT2D eigenvalue weighted by molar-refractivity contribution is -0.155. The molecule has 3 rings (SSSR count). The maximum absolute atomic E-state index is 15.3. The van der Waals surface area contributed by atoms with Crippen LogP contribution in [0.3, 0.4) is 0 Å². The predicted octanol–water partition coefficient (Wildman–Crippen LogP) is 3.27. The summed E-state index contributed by atoms with van der Waals surface area (Å²) < 4.78 is 12.7. The summed E-state index contributed by atoms with van der Waals surface area (Å²) in [4.78, 5) is 176. The summed E-state index contributed by atoms with van der Waals surface area (Å²) >= 11 is 0. The van der Waals surface area contributed by atoms with Crippen LogP contribution < -0.4 is 21.3 Å². The fourth-order valence-electron chi connectivity index (χ4n) is 12.8. The van der Waals surface area contributed by atoms with E-state index < -0.39 is 162 Å². The number of allylic oxidation sites excluding steroid dienone is 2. The normalized spacial score (nSPS) is 29.5. The highest BCUT2D eigenvalue weighted by Crippen LogP contribution is 2.30. The first-order chi connectivity index (χ1) is 43.8. The summed E-state index contributed by atoms with van der Waals surface area (Å²) in [6.45, 7) is 33.4. The monoisotopic (exact) mass is 1330 g/mol. The number of nitrogens with one attached hydrogen (secondary N) is 4. The molecule has 0 aromatic rings. The van der Waals surface area contributed by atoms with E-state index >= 15 is 28.8 Å². The van der Waals surface area contributed by atoms with E-state index in [9.17, 15) is 24.0 Å². The Kier molecular flexibility index (Phi) is 32.4. The van der Waals surface area contributed by atoms with Gasteiger partial charge in [0.15, 0.2) is 0 Å². The van der Waals surface area contributed by atoms with Gasteiger partial charge in [-0.05, 0) is 103 Å². The van der Waals surface area contributed by atoms with E-state index in [0.717, 1.165) is 6.54 Å². The van der Waals surface area contributed by atoms with Gasteiger partial charge in [0.2, 0.25) is 59.1 Å². The first kappa shape index (κ1) is 81.8. The third-order valence-electron chi connectivity index (χ3n) is 19.2. The molecule has 3 fully saturated rings. The highest BCUT2D eigenvalue weighted by atomic mass is 16.6. The number of amides is 11. The van der Waals surface area contributed by atoms with Crippen molar-refractivity contribution >= 4 is 65.2 Å². The summed E-state index contributed by atoms with van der Waals surface area (Å²) in [5, 5.41) is 11.9. The van der Waals surface area contributed by atoms with E-state index in [0.29, 0.717) is 39.0 Å². The number of rotatable bonds is 15. The molecule has 0 saturated carbocycles. The van der Waals surface area contributed by atoms with Crippen LogP contribution in [0.4, 0.5) is 4.79 Å². The zero-order valence-electron chi connectivity index (χ0n) is 61.4. The van der Waals surface area contributed by atoms with Crippen LogP contribution in [0.1, 0.15) is 150 Å². The van der Waals surface area contributed by atoms with Gasteiger partial charge < -0.3 is 74.8 Å². The molecule has 3 aliphatic heterocycles. The Morgan fingerprint density at radius 2 is 1.09 bits per heavy atom. The Bertz CT molecular complexity index is 2610. The molecule has 3 heterocycles. The molecule has 0 aromatic carbocycles.